The molecule has 74 valence electrons. The van der Waals surface area contributed by atoms with Crippen molar-refractivity contribution < 1.29 is 18.9 Å². The summed E-state index contributed by atoms with van der Waals surface area (Å²) < 4.78 is 0. The third kappa shape index (κ3) is 15.7. The van der Waals surface area contributed by atoms with Crippen LogP contribution in [0.25, 0.3) is 0 Å². The van der Waals surface area contributed by atoms with Gasteiger partial charge in [-0.15, -0.1) is 0 Å². The summed E-state index contributed by atoms with van der Waals surface area (Å²) in [6.07, 6.45) is 15.1. The van der Waals surface area contributed by atoms with E-state index >= 15 is 0 Å². The first-order chi connectivity index (χ1) is 5.91. The minimum Gasteiger partial charge on any atom is -0.354 e. The Morgan fingerprint density at radius 3 is 1.77 bits per heavy atom. The molecule has 0 N–H and O–H groups in total. The second kappa shape index (κ2) is 15.4. The van der Waals surface area contributed by atoms with Gasteiger partial charge in [0.15, 0.2) is 0 Å². The van der Waals surface area contributed by atoms with Gasteiger partial charge in [-0.2, -0.15) is 0 Å². The van der Waals surface area contributed by atoms with Crippen LogP contribution in [0.15, 0.2) is 0 Å². The zero-order valence-corrected chi connectivity index (χ0v) is 10.3. The van der Waals surface area contributed by atoms with Gasteiger partial charge in [0.05, 0.1) is 0 Å². The van der Waals surface area contributed by atoms with E-state index in [1.807, 2.05) is 0 Å². The normalized spacial score (nSPS) is 9.69. The molecule has 0 atom stereocenters. The van der Waals surface area contributed by atoms with Crippen LogP contribution in [0.1, 0.15) is 58.3 Å². The largest absolute Gasteiger partial charge is 1.00 e. The molecule has 0 aliphatic heterocycles. The fourth-order valence-electron chi connectivity index (χ4n) is 1.34. The summed E-state index contributed by atoms with van der Waals surface area (Å²) in [5, 5.41) is 0. The van der Waals surface area contributed by atoms with Crippen molar-refractivity contribution in [1.29, 1.82) is 0 Å². The first-order valence-electron chi connectivity index (χ1n) is 5.28. The van der Waals surface area contributed by atoms with Crippen LogP contribution in [0.5, 0.6) is 0 Å². The maximum atomic E-state index is 3.76. The van der Waals surface area contributed by atoms with E-state index in [4.69, 9.17) is 0 Å². The van der Waals surface area contributed by atoms with Crippen molar-refractivity contribution in [3.63, 3.8) is 0 Å². The molecule has 0 fully saturated rings. The van der Waals surface area contributed by atoms with Crippen molar-refractivity contribution in [3.8, 4) is 0 Å². The van der Waals surface area contributed by atoms with E-state index in [2.05, 4.69) is 13.2 Å². The van der Waals surface area contributed by atoms with E-state index in [0.717, 1.165) is 0 Å². The van der Waals surface area contributed by atoms with Crippen LogP contribution in [-0.4, -0.2) is 5.75 Å². The molecule has 2 heteroatoms. The molecule has 0 rings (SSSR count). The van der Waals surface area contributed by atoms with Crippen molar-refractivity contribution in [1.82, 2.24) is 0 Å². The van der Waals surface area contributed by atoms with Gasteiger partial charge in [0.1, 0.15) is 0 Å². The summed E-state index contributed by atoms with van der Waals surface area (Å²) in [5.41, 5.74) is 0. The fourth-order valence-corrected chi connectivity index (χ4v) is 1.75. The maximum absolute atomic E-state index is 3.76. The third-order valence-electron chi connectivity index (χ3n) is 2.14. The second-order valence-corrected chi connectivity index (χ2v) is 4.20. The molecule has 0 saturated carbocycles. The average molecular weight is 194 g/mol. The van der Waals surface area contributed by atoms with Crippen LogP contribution in [0.4, 0.5) is 0 Å². The quantitative estimate of drug-likeness (QED) is 0.305. The Morgan fingerprint density at radius 1 is 0.846 bits per heavy atom. The number of unbranched alkanes of at least 4 members (excludes halogenated alkanes) is 7. The number of rotatable bonds is 9. The van der Waals surface area contributed by atoms with Crippen LogP contribution < -0.4 is 18.9 Å². The smallest absolute Gasteiger partial charge is 0.354 e. The van der Waals surface area contributed by atoms with Gasteiger partial charge in [-0.25, -0.2) is 0 Å². The van der Waals surface area contributed by atoms with Gasteiger partial charge in [0.2, 0.25) is 0 Å². The van der Waals surface area contributed by atoms with Gasteiger partial charge in [-0.3, -0.25) is 6.26 Å². The molecule has 13 heavy (non-hydrogen) atoms. The van der Waals surface area contributed by atoms with Crippen molar-refractivity contribution >= 4 is 11.8 Å². The summed E-state index contributed by atoms with van der Waals surface area (Å²) in [7, 11) is 0. The summed E-state index contributed by atoms with van der Waals surface area (Å²) >= 11 is 1.72. The van der Waals surface area contributed by atoms with E-state index in [1.54, 1.807) is 11.8 Å². The molecular formula is C11H23LiS. The first kappa shape index (κ1) is 16.4. The molecule has 0 aliphatic rings. The van der Waals surface area contributed by atoms with Crippen LogP contribution in [0, 0.1) is 6.26 Å². The van der Waals surface area contributed by atoms with Crippen molar-refractivity contribution in [2.24, 2.45) is 0 Å². The van der Waals surface area contributed by atoms with Gasteiger partial charge in [0, 0.05) is 0 Å². The Balaban J connectivity index is 0. The molecule has 0 radical (unpaired) electrons. The first-order valence-corrected chi connectivity index (χ1v) is 6.44. The standard InChI is InChI=1S/C11H23S.Li/c1-3-4-5-6-7-8-9-10-11-12-2;/h2-11H2,1H3;/q-1;+1. The SMILES string of the molecule is [CH2-]SCCCCCCCCCC.[Li+]. The Hall–Kier alpha value is 0.947. The van der Waals surface area contributed by atoms with E-state index in [0.29, 0.717) is 0 Å². The summed E-state index contributed by atoms with van der Waals surface area (Å²) in [5.74, 6) is 1.25. The third-order valence-corrected chi connectivity index (χ3v) is 2.72. The molecule has 0 nitrogen and oxygen atoms in total. The maximum Gasteiger partial charge on any atom is 1.00 e. The fraction of sp³-hybridized carbons (Fsp3) is 0.909. The van der Waals surface area contributed by atoms with Gasteiger partial charge in [0.25, 0.3) is 0 Å². The molecule has 0 heterocycles. The number of hydrogen-bond acceptors (Lipinski definition) is 1. The molecule has 0 aliphatic carbocycles. The van der Waals surface area contributed by atoms with E-state index in [9.17, 15) is 0 Å². The van der Waals surface area contributed by atoms with Crippen molar-refractivity contribution in [2.75, 3.05) is 5.75 Å². The average Bonchev–Trinajstić information content (AvgIpc) is 2.10. The molecule has 0 spiro atoms. The van der Waals surface area contributed by atoms with E-state index < -0.39 is 0 Å². The Morgan fingerprint density at radius 2 is 1.31 bits per heavy atom. The molecule has 0 unspecified atom stereocenters. The predicted octanol–water partition coefficient (Wildman–Crippen LogP) is 1.66. The zero-order valence-electron chi connectivity index (χ0n) is 9.48. The monoisotopic (exact) mass is 194 g/mol. The van der Waals surface area contributed by atoms with Gasteiger partial charge >= 0.3 is 18.9 Å². The topological polar surface area (TPSA) is 0 Å². The molecule has 0 aromatic heterocycles. The van der Waals surface area contributed by atoms with E-state index in [-0.39, 0.29) is 18.9 Å². The van der Waals surface area contributed by atoms with Crippen LogP contribution >= 0.6 is 11.8 Å². The molecule has 0 amide bonds. The van der Waals surface area contributed by atoms with Crippen LogP contribution in [-0.2, 0) is 0 Å². The van der Waals surface area contributed by atoms with Crippen LogP contribution in [0.3, 0.4) is 0 Å². The van der Waals surface area contributed by atoms with Crippen molar-refractivity contribution in [2.45, 2.75) is 58.3 Å². The molecule has 0 saturated heterocycles. The Bertz CT molecular complexity index is 66.5. The molecule has 0 aromatic rings. The molecular weight excluding hydrogens is 171 g/mol. The minimum absolute atomic E-state index is 0. The summed E-state index contributed by atoms with van der Waals surface area (Å²) in [4.78, 5) is 0. The van der Waals surface area contributed by atoms with Gasteiger partial charge in [-0.1, -0.05) is 51.9 Å². The van der Waals surface area contributed by atoms with Gasteiger partial charge in [-0.05, 0) is 12.2 Å². The van der Waals surface area contributed by atoms with E-state index in [1.165, 1.54) is 57.1 Å². The molecule has 0 aromatic carbocycles. The minimum atomic E-state index is 0. The van der Waals surface area contributed by atoms with Crippen molar-refractivity contribution in [3.05, 3.63) is 6.26 Å². The molecule has 0 bridgehead atoms. The Kier molecular flexibility index (Phi) is 19.4. The predicted molar refractivity (Wildman–Crippen MR) is 60.4 cm³/mol. The van der Waals surface area contributed by atoms with Gasteiger partial charge < -0.3 is 11.8 Å². The summed E-state index contributed by atoms with van der Waals surface area (Å²) in [6, 6.07) is 0. The number of hydrogen-bond donors (Lipinski definition) is 0. The Labute approximate surface area is 101 Å². The second-order valence-electron chi connectivity index (χ2n) is 3.38. The van der Waals surface area contributed by atoms with Crippen LogP contribution in [0.2, 0.25) is 0 Å². The number of thioether (sulfide) groups is 1. The summed E-state index contributed by atoms with van der Waals surface area (Å²) in [6.45, 7) is 2.27. The zero-order chi connectivity index (χ0) is 9.07.